The smallest absolute Gasteiger partial charge is 0.355 e. The zero-order valence-electron chi connectivity index (χ0n) is 15.9. The molecule has 1 N–H and O–H groups in total. The van der Waals surface area contributed by atoms with Crippen molar-refractivity contribution in [1.82, 2.24) is 14.8 Å². The number of carboxylic acid groups (broad SMARTS) is 1. The molecule has 0 aliphatic carbocycles. The Balaban J connectivity index is 2.23. The van der Waals surface area contributed by atoms with Crippen LogP contribution in [0.25, 0.3) is 5.69 Å². The molecular formula is C18H18N4O7. The molecule has 0 atom stereocenters. The van der Waals surface area contributed by atoms with Crippen molar-refractivity contribution in [3.63, 3.8) is 0 Å². The van der Waals surface area contributed by atoms with Gasteiger partial charge >= 0.3 is 17.9 Å². The number of ether oxygens (including phenoxy) is 3. The number of anilines is 1. The Bertz CT molecular complexity index is 998. The minimum Gasteiger partial charge on any atom is -0.478 e. The lowest BCUT2D eigenvalue weighted by Crippen LogP contribution is -2.40. The number of aromatic carboxylic acids is 1. The SMILES string of the molecule is COC(=O)C1=C(C(=O)OC)N(c2c(C)cc(-n3cncn3)cc2C(=O)O)COC1. The van der Waals surface area contributed by atoms with Gasteiger partial charge in [0, 0.05) is 0 Å². The molecule has 1 aliphatic heterocycles. The standard InChI is InChI=1S/C18H18N4O7/c1-10-4-11(22-8-19-7-20-22)5-12(16(23)24)14(10)21-9-29-6-13(17(25)27-2)15(21)18(26)28-3/h4-5,7-8H,6,9H2,1-3H3,(H,23,24). The van der Waals surface area contributed by atoms with E-state index in [0.29, 0.717) is 11.3 Å². The topological polar surface area (TPSA) is 133 Å². The van der Waals surface area contributed by atoms with Crippen LogP contribution in [0.1, 0.15) is 15.9 Å². The third-order valence-corrected chi connectivity index (χ3v) is 4.30. The van der Waals surface area contributed by atoms with Gasteiger partial charge in [-0.2, -0.15) is 5.10 Å². The maximum absolute atomic E-state index is 12.5. The van der Waals surface area contributed by atoms with Crippen molar-refractivity contribution >= 4 is 23.6 Å². The van der Waals surface area contributed by atoms with Crippen molar-refractivity contribution in [2.45, 2.75) is 6.92 Å². The van der Waals surface area contributed by atoms with E-state index in [1.165, 1.54) is 35.4 Å². The summed E-state index contributed by atoms with van der Waals surface area (Å²) in [4.78, 5) is 41.8. The summed E-state index contributed by atoms with van der Waals surface area (Å²) in [6.07, 6.45) is 2.75. The molecule has 2 heterocycles. The second-order valence-corrected chi connectivity index (χ2v) is 6.02. The molecule has 29 heavy (non-hydrogen) atoms. The number of carboxylic acids is 1. The largest absolute Gasteiger partial charge is 0.478 e. The first-order valence-corrected chi connectivity index (χ1v) is 8.37. The highest BCUT2D eigenvalue weighted by atomic mass is 16.5. The molecule has 0 amide bonds. The second-order valence-electron chi connectivity index (χ2n) is 6.02. The van der Waals surface area contributed by atoms with Crippen LogP contribution in [-0.2, 0) is 23.8 Å². The van der Waals surface area contributed by atoms with Crippen LogP contribution in [-0.4, -0.2) is 65.3 Å². The number of rotatable bonds is 5. The Hall–Kier alpha value is -3.73. The highest BCUT2D eigenvalue weighted by Crippen LogP contribution is 2.34. The zero-order valence-corrected chi connectivity index (χ0v) is 15.9. The van der Waals surface area contributed by atoms with Crippen molar-refractivity contribution in [2.24, 2.45) is 0 Å². The number of aryl methyl sites for hydroxylation is 1. The van der Waals surface area contributed by atoms with Gasteiger partial charge in [-0.05, 0) is 24.6 Å². The number of benzene rings is 1. The zero-order chi connectivity index (χ0) is 21.1. The van der Waals surface area contributed by atoms with Crippen LogP contribution in [0.15, 0.2) is 36.1 Å². The van der Waals surface area contributed by atoms with Gasteiger partial charge in [0.1, 0.15) is 25.1 Å². The lowest BCUT2D eigenvalue weighted by molar-refractivity contribution is -0.140. The Kier molecular flexibility index (Phi) is 5.59. The molecule has 3 rings (SSSR count). The molecule has 152 valence electrons. The Labute approximate surface area is 165 Å². The first kappa shape index (κ1) is 20.0. The Morgan fingerprint density at radius 2 is 1.90 bits per heavy atom. The molecule has 11 nitrogen and oxygen atoms in total. The number of hydrogen-bond acceptors (Lipinski definition) is 9. The van der Waals surface area contributed by atoms with Crippen molar-refractivity contribution < 1.29 is 33.7 Å². The highest BCUT2D eigenvalue weighted by Gasteiger charge is 2.35. The minimum absolute atomic E-state index is 0.0679. The number of aromatic nitrogens is 3. The van der Waals surface area contributed by atoms with Crippen LogP contribution in [0.3, 0.4) is 0 Å². The van der Waals surface area contributed by atoms with E-state index in [0.717, 1.165) is 7.11 Å². The molecule has 0 spiro atoms. The molecule has 0 saturated carbocycles. The van der Waals surface area contributed by atoms with Gasteiger partial charge in [0.05, 0.1) is 43.3 Å². The van der Waals surface area contributed by atoms with Gasteiger partial charge in [-0.25, -0.2) is 24.0 Å². The number of carbonyl (C=O) groups excluding carboxylic acids is 2. The average molecular weight is 402 g/mol. The molecule has 0 bridgehead atoms. The molecule has 11 heteroatoms. The molecule has 2 aromatic rings. The number of methoxy groups -OCH3 is 2. The van der Waals surface area contributed by atoms with Gasteiger partial charge in [0.25, 0.3) is 0 Å². The third kappa shape index (κ3) is 3.67. The van der Waals surface area contributed by atoms with Crippen LogP contribution in [0.5, 0.6) is 0 Å². The monoisotopic (exact) mass is 402 g/mol. The minimum atomic E-state index is -1.24. The van der Waals surface area contributed by atoms with Crippen LogP contribution in [0.4, 0.5) is 5.69 Å². The molecule has 0 unspecified atom stereocenters. The van der Waals surface area contributed by atoms with E-state index in [-0.39, 0.29) is 35.9 Å². The molecular weight excluding hydrogens is 384 g/mol. The molecule has 1 aromatic carbocycles. The van der Waals surface area contributed by atoms with Gasteiger partial charge in [-0.1, -0.05) is 0 Å². The fraction of sp³-hybridized carbons (Fsp3) is 0.278. The fourth-order valence-electron chi connectivity index (χ4n) is 3.08. The van der Waals surface area contributed by atoms with Gasteiger partial charge in [-0.3, -0.25) is 0 Å². The van der Waals surface area contributed by atoms with Gasteiger partial charge in [0.2, 0.25) is 0 Å². The summed E-state index contributed by atoms with van der Waals surface area (Å²) in [6.45, 7) is 1.34. The quantitative estimate of drug-likeness (QED) is 0.711. The number of nitrogens with zero attached hydrogens (tertiary/aromatic N) is 4. The molecule has 0 saturated heterocycles. The number of esters is 2. The van der Waals surface area contributed by atoms with E-state index < -0.39 is 17.9 Å². The summed E-state index contributed by atoms with van der Waals surface area (Å²) in [5.74, 6) is -2.83. The summed E-state index contributed by atoms with van der Waals surface area (Å²) in [7, 11) is 2.33. The van der Waals surface area contributed by atoms with E-state index in [4.69, 9.17) is 14.2 Å². The van der Waals surface area contributed by atoms with E-state index >= 15 is 0 Å². The molecule has 0 fully saturated rings. The van der Waals surface area contributed by atoms with E-state index in [2.05, 4.69) is 10.1 Å². The normalized spacial score (nSPS) is 14.0. The maximum Gasteiger partial charge on any atom is 0.355 e. The summed E-state index contributed by atoms with van der Waals surface area (Å²) >= 11 is 0. The van der Waals surface area contributed by atoms with Crippen molar-refractivity contribution in [3.8, 4) is 5.69 Å². The summed E-state index contributed by atoms with van der Waals surface area (Å²) in [5.41, 5.74) is 0.836. The number of carbonyl (C=O) groups is 3. The van der Waals surface area contributed by atoms with Crippen molar-refractivity contribution in [2.75, 3.05) is 32.5 Å². The van der Waals surface area contributed by atoms with E-state index in [1.807, 2.05) is 0 Å². The van der Waals surface area contributed by atoms with Crippen LogP contribution in [0.2, 0.25) is 0 Å². The van der Waals surface area contributed by atoms with Gasteiger partial charge in [-0.15, -0.1) is 0 Å². The first-order valence-electron chi connectivity index (χ1n) is 8.37. The average Bonchev–Trinajstić information content (AvgIpc) is 3.26. The van der Waals surface area contributed by atoms with Crippen LogP contribution in [0, 0.1) is 6.92 Å². The summed E-state index contributed by atoms with van der Waals surface area (Å²) in [5, 5.41) is 13.8. The molecule has 1 aromatic heterocycles. The van der Waals surface area contributed by atoms with Crippen molar-refractivity contribution in [1.29, 1.82) is 0 Å². The van der Waals surface area contributed by atoms with E-state index in [1.54, 1.807) is 13.0 Å². The predicted molar refractivity (Wildman–Crippen MR) is 97.4 cm³/mol. The maximum atomic E-state index is 12.5. The predicted octanol–water partition coefficient (Wildman–Crippen LogP) is 0.668. The first-order chi connectivity index (χ1) is 13.9. The summed E-state index contributed by atoms with van der Waals surface area (Å²) in [6, 6.07) is 3.07. The third-order valence-electron chi connectivity index (χ3n) is 4.30. The molecule has 0 radical (unpaired) electrons. The van der Waals surface area contributed by atoms with E-state index in [9.17, 15) is 19.5 Å². The Morgan fingerprint density at radius 3 is 2.48 bits per heavy atom. The van der Waals surface area contributed by atoms with Gasteiger partial charge in [0.15, 0.2) is 0 Å². The second kappa shape index (κ2) is 8.10. The lowest BCUT2D eigenvalue weighted by atomic mass is 10.0. The van der Waals surface area contributed by atoms with Crippen molar-refractivity contribution in [3.05, 3.63) is 47.2 Å². The Morgan fingerprint density at radius 1 is 1.17 bits per heavy atom. The van der Waals surface area contributed by atoms with Crippen LogP contribution >= 0.6 is 0 Å². The lowest BCUT2D eigenvalue weighted by Gasteiger charge is -2.33. The van der Waals surface area contributed by atoms with Crippen LogP contribution < -0.4 is 4.90 Å². The highest BCUT2D eigenvalue weighted by molar-refractivity contribution is 6.05. The fourth-order valence-corrected chi connectivity index (χ4v) is 3.08. The summed E-state index contributed by atoms with van der Waals surface area (Å²) < 4.78 is 16.4. The van der Waals surface area contributed by atoms with Gasteiger partial charge < -0.3 is 24.2 Å². The number of hydrogen-bond donors (Lipinski definition) is 1. The molecule has 1 aliphatic rings.